The number of para-hydroxylation sites is 1. The van der Waals surface area contributed by atoms with E-state index < -0.39 is 5.97 Å². The van der Waals surface area contributed by atoms with Crippen LogP contribution in [0.1, 0.15) is 56.0 Å². The number of rotatable bonds is 8. The van der Waals surface area contributed by atoms with Crippen LogP contribution in [0.3, 0.4) is 0 Å². The van der Waals surface area contributed by atoms with Crippen molar-refractivity contribution in [2.75, 3.05) is 12.3 Å². The predicted molar refractivity (Wildman–Crippen MR) is 92.2 cm³/mol. The Morgan fingerprint density at radius 3 is 2.57 bits per heavy atom. The van der Waals surface area contributed by atoms with Crippen LogP contribution in [0, 0.1) is 12.8 Å². The van der Waals surface area contributed by atoms with Crippen LogP contribution in [0.2, 0.25) is 0 Å². The van der Waals surface area contributed by atoms with Crippen molar-refractivity contribution in [3.05, 3.63) is 29.3 Å². The third-order valence-corrected chi connectivity index (χ3v) is 3.70. The number of carbonyl (C=O) groups excluding carboxylic acids is 2. The molecular formula is C18H28N2O3. The number of hydrogen-bond donors (Lipinski definition) is 2. The van der Waals surface area contributed by atoms with Crippen molar-refractivity contribution < 1.29 is 14.3 Å². The summed E-state index contributed by atoms with van der Waals surface area (Å²) in [5, 5.41) is 2.84. The number of carbonyl (C=O) groups is 2. The summed E-state index contributed by atoms with van der Waals surface area (Å²) in [5.74, 6) is -0.200. The number of esters is 1. The van der Waals surface area contributed by atoms with Gasteiger partial charge in [-0.3, -0.25) is 4.79 Å². The topological polar surface area (TPSA) is 81.4 Å². The molecule has 0 saturated heterocycles. The van der Waals surface area contributed by atoms with Crippen LogP contribution in [0.5, 0.6) is 0 Å². The number of anilines is 1. The second kappa shape index (κ2) is 9.18. The van der Waals surface area contributed by atoms with Gasteiger partial charge in [-0.15, -0.1) is 0 Å². The van der Waals surface area contributed by atoms with Gasteiger partial charge in [0.05, 0.1) is 5.56 Å². The molecule has 1 amide bonds. The number of amides is 1. The maximum Gasteiger partial charge on any atom is 0.340 e. The van der Waals surface area contributed by atoms with Gasteiger partial charge >= 0.3 is 5.97 Å². The third kappa shape index (κ3) is 6.72. The molecule has 0 radical (unpaired) electrons. The van der Waals surface area contributed by atoms with Crippen LogP contribution in [-0.4, -0.2) is 24.5 Å². The molecule has 0 aromatic heterocycles. The quantitative estimate of drug-likeness (QED) is 0.570. The molecule has 1 unspecified atom stereocenters. The highest BCUT2D eigenvalue weighted by Crippen LogP contribution is 2.17. The van der Waals surface area contributed by atoms with Crippen LogP contribution in [-0.2, 0) is 9.53 Å². The lowest BCUT2D eigenvalue weighted by Crippen LogP contribution is -2.35. The average molecular weight is 320 g/mol. The Balaban J connectivity index is 2.38. The Kier molecular flexibility index (Phi) is 7.59. The molecule has 1 aromatic carbocycles. The molecule has 0 heterocycles. The molecule has 5 nitrogen and oxygen atoms in total. The molecule has 0 fully saturated rings. The Morgan fingerprint density at radius 1 is 1.22 bits per heavy atom. The van der Waals surface area contributed by atoms with E-state index in [1.807, 2.05) is 19.9 Å². The fraction of sp³-hybridized carbons (Fsp3) is 0.556. The SMILES string of the molecule is Cc1cccc(C(=O)OCC(=O)NC(C)CCCC(C)C)c1N. The maximum atomic E-state index is 12.0. The average Bonchev–Trinajstić information content (AvgIpc) is 2.47. The Hall–Kier alpha value is -2.04. The van der Waals surface area contributed by atoms with Gasteiger partial charge in [-0.05, 0) is 37.8 Å². The molecule has 1 aromatic rings. The van der Waals surface area contributed by atoms with Crippen LogP contribution in [0.15, 0.2) is 18.2 Å². The van der Waals surface area contributed by atoms with E-state index in [4.69, 9.17) is 10.5 Å². The molecule has 3 N–H and O–H groups in total. The fourth-order valence-corrected chi connectivity index (χ4v) is 2.29. The van der Waals surface area contributed by atoms with Crippen molar-refractivity contribution in [3.8, 4) is 0 Å². The molecular weight excluding hydrogens is 292 g/mol. The molecule has 0 aliphatic carbocycles. The smallest absolute Gasteiger partial charge is 0.340 e. The van der Waals surface area contributed by atoms with Crippen LogP contribution in [0.4, 0.5) is 5.69 Å². The number of ether oxygens (including phenoxy) is 1. The number of benzene rings is 1. The molecule has 0 aliphatic heterocycles. The first-order valence-corrected chi connectivity index (χ1v) is 8.12. The van der Waals surface area contributed by atoms with E-state index in [9.17, 15) is 9.59 Å². The lowest BCUT2D eigenvalue weighted by molar-refractivity contribution is -0.124. The summed E-state index contributed by atoms with van der Waals surface area (Å²) in [7, 11) is 0. The first-order chi connectivity index (χ1) is 10.8. The van der Waals surface area contributed by atoms with Gasteiger partial charge in [0.1, 0.15) is 0 Å². The Bertz CT molecular complexity index is 541. The van der Waals surface area contributed by atoms with Crippen LogP contribution in [0.25, 0.3) is 0 Å². The maximum absolute atomic E-state index is 12.0. The number of nitrogens with one attached hydrogen (secondary N) is 1. The van der Waals surface area contributed by atoms with Crippen molar-refractivity contribution in [3.63, 3.8) is 0 Å². The van der Waals surface area contributed by atoms with Gasteiger partial charge < -0.3 is 15.8 Å². The predicted octanol–water partition coefficient (Wildman–Crippen LogP) is 3.07. The zero-order chi connectivity index (χ0) is 17.4. The van der Waals surface area contributed by atoms with Gasteiger partial charge in [-0.2, -0.15) is 0 Å². The fourth-order valence-electron chi connectivity index (χ4n) is 2.29. The van der Waals surface area contributed by atoms with Gasteiger partial charge in [0.25, 0.3) is 5.91 Å². The molecule has 23 heavy (non-hydrogen) atoms. The van der Waals surface area contributed by atoms with E-state index in [0.29, 0.717) is 17.2 Å². The summed E-state index contributed by atoms with van der Waals surface area (Å²) in [6.45, 7) is 7.84. The van der Waals surface area contributed by atoms with Crippen molar-refractivity contribution >= 4 is 17.6 Å². The molecule has 0 bridgehead atoms. The zero-order valence-corrected chi connectivity index (χ0v) is 14.5. The largest absolute Gasteiger partial charge is 0.452 e. The minimum atomic E-state index is -0.575. The van der Waals surface area contributed by atoms with E-state index >= 15 is 0 Å². The third-order valence-electron chi connectivity index (χ3n) is 3.70. The number of nitrogen functional groups attached to an aromatic ring is 1. The molecule has 1 rings (SSSR count). The van der Waals surface area contributed by atoms with Crippen molar-refractivity contribution in [2.24, 2.45) is 5.92 Å². The Morgan fingerprint density at radius 2 is 1.91 bits per heavy atom. The Labute approximate surface area is 138 Å². The van der Waals surface area contributed by atoms with Crippen LogP contribution < -0.4 is 11.1 Å². The summed E-state index contributed by atoms with van der Waals surface area (Å²) in [4.78, 5) is 23.8. The summed E-state index contributed by atoms with van der Waals surface area (Å²) in [6.07, 6.45) is 3.13. The molecule has 0 aliphatic rings. The first kappa shape index (κ1) is 19.0. The lowest BCUT2D eigenvalue weighted by Gasteiger charge is -2.15. The van der Waals surface area contributed by atoms with E-state index in [-0.39, 0.29) is 18.6 Å². The van der Waals surface area contributed by atoms with Gasteiger partial charge in [0, 0.05) is 11.7 Å². The number of aryl methyl sites for hydroxylation is 1. The summed E-state index contributed by atoms with van der Waals surface area (Å²) >= 11 is 0. The summed E-state index contributed by atoms with van der Waals surface area (Å²) < 4.78 is 5.04. The molecule has 0 spiro atoms. The summed E-state index contributed by atoms with van der Waals surface area (Å²) in [5.41, 5.74) is 7.34. The summed E-state index contributed by atoms with van der Waals surface area (Å²) in [6, 6.07) is 5.22. The standard InChI is InChI=1S/C18H28N2O3/c1-12(2)7-5-9-14(4)20-16(21)11-23-18(22)15-10-6-8-13(3)17(15)19/h6,8,10,12,14H,5,7,9,11,19H2,1-4H3,(H,20,21). The second-order valence-corrected chi connectivity index (χ2v) is 6.41. The van der Waals surface area contributed by atoms with Gasteiger partial charge in [0.2, 0.25) is 0 Å². The lowest BCUT2D eigenvalue weighted by atomic mass is 10.0. The van der Waals surface area contributed by atoms with E-state index in [1.165, 1.54) is 0 Å². The number of hydrogen-bond acceptors (Lipinski definition) is 4. The normalized spacial score (nSPS) is 12.0. The monoisotopic (exact) mass is 320 g/mol. The van der Waals surface area contributed by atoms with E-state index in [0.717, 1.165) is 24.8 Å². The number of nitrogens with two attached hydrogens (primary N) is 1. The van der Waals surface area contributed by atoms with Crippen molar-refractivity contribution in [2.45, 2.75) is 53.0 Å². The van der Waals surface area contributed by atoms with E-state index in [1.54, 1.807) is 12.1 Å². The highest BCUT2D eigenvalue weighted by molar-refractivity contribution is 5.96. The first-order valence-electron chi connectivity index (χ1n) is 8.12. The van der Waals surface area contributed by atoms with Gasteiger partial charge in [-0.1, -0.05) is 38.8 Å². The minimum absolute atomic E-state index is 0.0731. The van der Waals surface area contributed by atoms with Crippen molar-refractivity contribution in [1.29, 1.82) is 0 Å². The van der Waals surface area contributed by atoms with Crippen LogP contribution >= 0.6 is 0 Å². The highest BCUT2D eigenvalue weighted by Gasteiger charge is 2.15. The molecule has 1 atom stereocenters. The molecule has 0 saturated carbocycles. The van der Waals surface area contributed by atoms with Gasteiger partial charge in [-0.25, -0.2) is 4.79 Å². The van der Waals surface area contributed by atoms with E-state index in [2.05, 4.69) is 19.2 Å². The van der Waals surface area contributed by atoms with Gasteiger partial charge in [0.15, 0.2) is 6.61 Å². The highest BCUT2D eigenvalue weighted by atomic mass is 16.5. The zero-order valence-electron chi connectivity index (χ0n) is 14.5. The molecule has 128 valence electrons. The second-order valence-electron chi connectivity index (χ2n) is 6.41. The minimum Gasteiger partial charge on any atom is -0.452 e. The molecule has 5 heteroatoms. The van der Waals surface area contributed by atoms with Crippen molar-refractivity contribution in [1.82, 2.24) is 5.32 Å².